The Balaban J connectivity index is 1.93. The summed E-state index contributed by atoms with van der Waals surface area (Å²) in [6.07, 6.45) is 0.581. The molecule has 1 fully saturated rings. The van der Waals surface area contributed by atoms with Crippen molar-refractivity contribution in [3.05, 3.63) is 35.9 Å². The number of ether oxygens (including phenoxy) is 2. The molecule has 0 spiro atoms. The fourth-order valence-electron chi connectivity index (χ4n) is 2.89. The number of benzene rings is 1. The Labute approximate surface area is 132 Å². The Morgan fingerprint density at radius 1 is 1.41 bits per heavy atom. The lowest BCUT2D eigenvalue weighted by Gasteiger charge is -2.38. The Morgan fingerprint density at radius 3 is 2.77 bits per heavy atom. The molecule has 0 saturated carbocycles. The summed E-state index contributed by atoms with van der Waals surface area (Å²) in [5.74, 6) is 0. The number of rotatable bonds is 5. The standard InChI is InChI=1S/C17H26N2O3/c1-4-22-17(20)19-11-10-15(16(12-19)21-3)18-13(2)14-8-6-5-7-9-14/h5-9,13,15-16,18H,4,10-12H2,1-3H3/t13?,15-,16+/m0/s1. The minimum absolute atomic E-state index is 0.0238. The van der Waals surface area contributed by atoms with Crippen molar-refractivity contribution in [2.24, 2.45) is 0 Å². The summed E-state index contributed by atoms with van der Waals surface area (Å²) in [6, 6.07) is 10.8. The van der Waals surface area contributed by atoms with Crippen molar-refractivity contribution in [2.75, 3.05) is 26.8 Å². The van der Waals surface area contributed by atoms with Gasteiger partial charge in [0.1, 0.15) is 0 Å². The highest BCUT2D eigenvalue weighted by Crippen LogP contribution is 2.19. The Bertz CT molecular complexity index is 466. The number of nitrogens with one attached hydrogen (secondary N) is 1. The summed E-state index contributed by atoms with van der Waals surface area (Å²) in [7, 11) is 1.70. The van der Waals surface area contributed by atoms with Crippen LogP contribution in [0.2, 0.25) is 0 Å². The van der Waals surface area contributed by atoms with Crippen molar-refractivity contribution >= 4 is 6.09 Å². The largest absolute Gasteiger partial charge is 0.450 e. The Kier molecular flexibility index (Phi) is 6.21. The molecule has 1 unspecified atom stereocenters. The van der Waals surface area contributed by atoms with Crippen molar-refractivity contribution < 1.29 is 14.3 Å². The van der Waals surface area contributed by atoms with Crippen LogP contribution in [0.15, 0.2) is 30.3 Å². The molecule has 1 aromatic carbocycles. The molecule has 1 amide bonds. The monoisotopic (exact) mass is 306 g/mol. The first-order chi connectivity index (χ1) is 10.7. The number of likely N-dealkylation sites (tertiary alicyclic amines) is 1. The van der Waals surface area contributed by atoms with Gasteiger partial charge in [0.25, 0.3) is 0 Å². The van der Waals surface area contributed by atoms with E-state index in [1.54, 1.807) is 12.0 Å². The zero-order chi connectivity index (χ0) is 15.9. The number of hydrogen-bond acceptors (Lipinski definition) is 4. The molecule has 5 heteroatoms. The highest BCUT2D eigenvalue weighted by molar-refractivity contribution is 5.67. The molecular formula is C17H26N2O3. The molecule has 122 valence electrons. The van der Waals surface area contributed by atoms with Crippen molar-refractivity contribution in [2.45, 2.75) is 38.5 Å². The minimum atomic E-state index is -0.251. The number of carbonyl (C=O) groups excluding carboxylic acids is 1. The van der Waals surface area contributed by atoms with E-state index in [1.165, 1.54) is 5.56 Å². The number of carbonyl (C=O) groups is 1. The molecule has 1 saturated heterocycles. The van der Waals surface area contributed by atoms with Gasteiger partial charge in [0.15, 0.2) is 0 Å². The lowest BCUT2D eigenvalue weighted by atomic mass is 9.99. The maximum atomic E-state index is 11.8. The smallest absolute Gasteiger partial charge is 0.409 e. The van der Waals surface area contributed by atoms with Gasteiger partial charge >= 0.3 is 6.09 Å². The summed E-state index contributed by atoms with van der Waals surface area (Å²) >= 11 is 0. The first kappa shape index (κ1) is 16.8. The second-order valence-electron chi connectivity index (χ2n) is 5.61. The molecule has 2 rings (SSSR count). The maximum Gasteiger partial charge on any atom is 0.409 e. The summed E-state index contributed by atoms with van der Waals surface area (Å²) in [5, 5.41) is 3.62. The number of methoxy groups -OCH3 is 1. The molecule has 1 aromatic rings. The molecule has 3 atom stereocenters. The van der Waals surface area contributed by atoms with Gasteiger partial charge in [-0.3, -0.25) is 0 Å². The van der Waals surface area contributed by atoms with Gasteiger partial charge in [-0.05, 0) is 25.8 Å². The summed E-state index contributed by atoms with van der Waals surface area (Å²) in [5.41, 5.74) is 1.25. The lowest BCUT2D eigenvalue weighted by molar-refractivity contribution is 0.00143. The van der Waals surface area contributed by atoms with Crippen LogP contribution >= 0.6 is 0 Å². The van der Waals surface area contributed by atoms with E-state index in [4.69, 9.17) is 9.47 Å². The minimum Gasteiger partial charge on any atom is -0.450 e. The molecular weight excluding hydrogens is 280 g/mol. The highest BCUT2D eigenvalue weighted by Gasteiger charge is 2.32. The SMILES string of the molecule is CCOC(=O)N1CC[C@H](NC(C)c2ccccc2)[C@H](OC)C1. The first-order valence-electron chi connectivity index (χ1n) is 7.91. The van der Waals surface area contributed by atoms with Crippen LogP contribution in [-0.4, -0.2) is 49.9 Å². The van der Waals surface area contributed by atoms with Crippen LogP contribution in [-0.2, 0) is 9.47 Å². The van der Waals surface area contributed by atoms with Gasteiger partial charge < -0.3 is 19.7 Å². The summed E-state index contributed by atoms with van der Waals surface area (Å²) < 4.78 is 10.7. The van der Waals surface area contributed by atoms with E-state index in [0.29, 0.717) is 19.7 Å². The lowest BCUT2D eigenvalue weighted by Crippen LogP contribution is -2.55. The molecule has 0 aliphatic carbocycles. The third kappa shape index (κ3) is 4.21. The van der Waals surface area contributed by atoms with Crippen molar-refractivity contribution in [3.8, 4) is 0 Å². The summed E-state index contributed by atoms with van der Waals surface area (Å²) in [6.45, 7) is 5.63. The van der Waals surface area contributed by atoms with Gasteiger partial charge in [-0.2, -0.15) is 0 Å². The number of amides is 1. The third-order valence-electron chi connectivity index (χ3n) is 4.15. The first-order valence-corrected chi connectivity index (χ1v) is 7.91. The average molecular weight is 306 g/mol. The topological polar surface area (TPSA) is 50.8 Å². The predicted octanol–water partition coefficient (Wildman–Crippen LogP) is 2.58. The molecule has 1 aliphatic heterocycles. The fourth-order valence-corrected chi connectivity index (χ4v) is 2.89. The number of piperidine rings is 1. The quantitative estimate of drug-likeness (QED) is 0.908. The molecule has 5 nitrogen and oxygen atoms in total. The zero-order valence-electron chi connectivity index (χ0n) is 13.6. The van der Waals surface area contributed by atoms with Crippen LogP contribution in [0.25, 0.3) is 0 Å². The average Bonchev–Trinajstić information content (AvgIpc) is 2.56. The molecule has 0 radical (unpaired) electrons. The van der Waals surface area contributed by atoms with Crippen LogP contribution < -0.4 is 5.32 Å². The molecule has 0 aromatic heterocycles. The molecule has 1 N–H and O–H groups in total. The van der Waals surface area contributed by atoms with E-state index >= 15 is 0 Å². The maximum absolute atomic E-state index is 11.8. The van der Waals surface area contributed by atoms with Gasteiger partial charge in [-0.1, -0.05) is 30.3 Å². The third-order valence-corrected chi connectivity index (χ3v) is 4.15. The van der Waals surface area contributed by atoms with Crippen LogP contribution in [0.3, 0.4) is 0 Å². The normalized spacial score (nSPS) is 23.1. The van der Waals surface area contributed by atoms with Crippen LogP contribution in [0.4, 0.5) is 4.79 Å². The molecule has 1 aliphatic rings. The molecule has 0 bridgehead atoms. The van der Waals surface area contributed by atoms with E-state index in [-0.39, 0.29) is 24.3 Å². The highest BCUT2D eigenvalue weighted by atomic mass is 16.6. The second kappa shape index (κ2) is 8.15. The van der Waals surface area contributed by atoms with E-state index in [9.17, 15) is 4.79 Å². The van der Waals surface area contributed by atoms with Crippen molar-refractivity contribution in [1.82, 2.24) is 10.2 Å². The zero-order valence-corrected chi connectivity index (χ0v) is 13.6. The molecule has 1 heterocycles. The van der Waals surface area contributed by atoms with E-state index in [2.05, 4.69) is 24.4 Å². The van der Waals surface area contributed by atoms with Gasteiger partial charge in [0.05, 0.1) is 19.3 Å². The molecule has 22 heavy (non-hydrogen) atoms. The number of hydrogen-bond donors (Lipinski definition) is 1. The van der Waals surface area contributed by atoms with Crippen LogP contribution in [0.1, 0.15) is 31.9 Å². The second-order valence-corrected chi connectivity index (χ2v) is 5.61. The van der Waals surface area contributed by atoms with Gasteiger partial charge in [0.2, 0.25) is 0 Å². The van der Waals surface area contributed by atoms with Gasteiger partial charge in [0, 0.05) is 25.7 Å². The van der Waals surface area contributed by atoms with Crippen molar-refractivity contribution in [3.63, 3.8) is 0 Å². The van der Waals surface area contributed by atoms with E-state index in [1.807, 2.05) is 25.1 Å². The van der Waals surface area contributed by atoms with E-state index in [0.717, 1.165) is 6.42 Å². The van der Waals surface area contributed by atoms with Crippen LogP contribution in [0.5, 0.6) is 0 Å². The predicted molar refractivity (Wildman–Crippen MR) is 85.8 cm³/mol. The van der Waals surface area contributed by atoms with E-state index < -0.39 is 0 Å². The Hall–Kier alpha value is -1.59. The Morgan fingerprint density at radius 2 is 2.14 bits per heavy atom. The van der Waals surface area contributed by atoms with Gasteiger partial charge in [-0.15, -0.1) is 0 Å². The van der Waals surface area contributed by atoms with Crippen molar-refractivity contribution in [1.29, 1.82) is 0 Å². The fraction of sp³-hybridized carbons (Fsp3) is 0.588. The number of nitrogens with zero attached hydrogens (tertiary/aromatic N) is 1. The summed E-state index contributed by atoms with van der Waals surface area (Å²) in [4.78, 5) is 13.6. The van der Waals surface area contributed by atoms with Crippen LogP contribution in [0, 0.1) is 0 Å². The van der Waals surface area contributed by atoms with Gasteiger partial charge in [-0.25, -0.2) is 4.79 Å².